The lowest BCUT2D eigenvalue weighted by Gasteiger charge is -2.33. The monoisotopic (exact) mass is 252 g/mol. The van der Waals surface area contributed by atoms with Crippen molar-refractivity contribution in [2.75, 3.05) is 33.8 Å². The van der Waals surface area contributed by atoms with Crippen LogP contribution in [0.2, 0.25) is 0 Å². The van der Waals surface area contributed by atoms with E-state index in [1.54, 1.807) is 20.8 Å². The summed E-state index contributed by atoms with van der Waals surface area (Å²) in [5, 5.41) is 0. The molecule has 0 aliphatic carbocycles. The molecule has 6 heteroatoms. The maximum absolute atomic E-state index is 14.0. The second-order valence-electron chi connectivity index (χ2n) is 3.87. The molecule has 0 aromatic carbocycles. The molecule has 0 rings (SSSR count). The van der Waals surface area contributed by atoms with Crippen LogP contribution in [0.5, 0.6) is 0 Å². The third kappa shape index (κ3) is 3.89. The van der Waals surface area contributed by atoms with Gasteiger partial charge in [0.25, 0.3) is 5.91 Å². The molecule has 102 valence electrons. The molecule has 1 amide bonds. The highest BCUT2D eigenvalue weighted by Crippen LogP contribution is 2.25. The maximum Gasteiger partial charge on any atom is 0.363 e. The molecule has 0 spiro atoms. The zero-order valence-electron chi connectivity index (χ0n) is 11.2. The van der Waals surface area contributed by atoms with E-state index in [2.05, 4.69) is 0 Å². The predicted molar refractivity (Wildman–Crippen MR) is 62.0 cm³/mol. The predicted octanol–water partition coefficient (Wildman–Crippen LogP) is 1.41. The summed E-state index contributed by atoms with van der Waals surface area (Å²) in [4.78, 5) is 14.0. The largest absolute Gasteiger partial charge is 0.363 e. The van der Waals surface area contributed by atoms with E-state index in [9.17, 15) is 13.6 Å². The first-order chi connectivity index (χ1) is 7.82. The van der Waals surface area contributed by atoms with Crippen molar-refractivity contribution >= 4 is 5.91 Å². The average Bonchev–Trinajstić information content (AvgIpc) is 2.26. The number of carbonyl (C=O) groups excluding carboxylic acids is 1. The van der Waals surface area contributed by atoms with Crippen LogP contribution < -0.4 is 0 Å². The smallest absolute Gasteiger partial charge is 0.356 e. The molecule has 0 fully saturated rings. The molecular weight excluding hydrogens is 230 g/mol. The van der Waals surface area contributed by atoms with Crippen molar-refractivity contribution in [2.24, 2.45) is 0 Å². The second kappa shape index (κ2) is 6.86. The van der Waals surface area contributed by atoms with Gasteiger partial charge in [-0.1, -0.05) is 0 Å². The van der Waals surface area contributed by atoms with Crippen molar-refractivity contribution in [1.82, 2.24) is 9.80 Å². The SMILES string of the molecule is CCOC(N(C)C)C(F)(F)C(=O)N(CC)CC. The van der Waals surface area contributed by atoms with Gasteiger partial charge in [0.15, 0.2) is 6.23 Å². The molecule has 0 bridgehead atoms. The van der Waals surface area contributed by atoms with E-state index in [0.717, 1.165) is 4.90 Å². The van der Waals surface area contributed by atoms with Crippen LogP contribution in [-0.2, 0) is 9.53 Å². The van der Waals surface area contributed by atoms with Crippen LogP contribution in [-0.4, -0.2) is 61.6 Å². The van der Waals surface area contributed by atoms with E-state index in [1.165, 1.54) is 19.0 Å². The second-order valence-corrected chi connectivity index (χ2v) is 3.87. The van der Waals surface area contributed by atoms with Gasteiger partial charge in [-0.15, -0.1) is 0 Å². The first-order valence-corrected chi connectivity index (χ1v) is 5.78. The Morgan fingerprint density at radius 2 is 1.71 bits per heavy atom. The summed E-state index contributed by atoms with van der Waals surface area (Å²) in [5.41, 5.74) is 0. The van der Waals surface area contributed by atoms with Crippen LogP contribution in [0.25, 0.3) is 0 Å². The Morgan fingerprint density at radius 1 is 1.24 bits per heavy atom. The molecule has 0 saturated carbocycles. The fourth-order valence-electron chi connectivity index (χ4n) is 1.56. The molecule has 0 saturated heterocycles. The van der Waals surface area contributed by atoms with Gasteiger partial charge in [-0.05, 0) is 34.9 Å². The van der Waals surface area contributed by atoms with Gasteiger partial charge in [-0.3, -0.25) is 9.69 Å². The topological polar surface area (TPSA) is 32.8 Å². The van der Waals surface area contributed by atoms with E-state index in [1.807, 2.05) is 0 Å². The number of ether oxygens (including phenoxy) is 1. The third-order valence-corrected chi connectivity index (χ3v) is 2.44. The number of halogens is 2. The van der Waals surface area contributed by atoms with E-state index in [0.29, 0.717) is 0 Å². The van der Waals surface area contributed by atoms with E-state index in [-0.39, 0.29) is 19.7 Å². The van der Waals surface area contributed by atoms with Gasteiger partial charge in [-0.25, -0.2) is 0 Å². The minimum atomic E-state index is -3.54. The number of hydrogen-bond donors (Lipinski definition) is 0. The van der Waals surface area contributed by atoms with Gasteiger partial charge in [0.05, 0.1) is 0 Å². The molecule has 0 aliphatic heterocycles. The van der Waals surface area contributed by atoms with Crippen molar-refractivity contribution in [1.29, 1.82) is 0 Å². The van der Waals surface area contributed by atoms with Crippen LogP contribution in [0.15, 0.2) is 0 Å². The summed E-state index contributed by atoms with van der Waals surface area (Å²) in [7, 11) is 2.92. The molecule has 0 heterocycles. The maximum atomic E-state index is 14.0. The van der Waals surface area contributed by atoms with Gasteiger partial charge >= 0.3 is 5.92 Å². The highest BCUT2D eigenvalue weighted by atomic mass is 19.3. The molecule has 1 unspecified atom stereocenters. The standard InChI is InChI=1S/C11H22F2N2O2/c1-6-15(7-2)9(16)11(12,13)10(14(4)5)17-8-3/h10H,6-8H2,1-5H3. The van der Waals surface area contributed by atoms with Crippen molar-refractivity contribution in [3.05, 3.63) is 0 Å². The van der Waals surface area contributed by atoms with Gasteiger partial charge in [0, 0.05) is 19.7 Å². The average molecular weight is 252 g/mol. The lowest BCUT2D eigenvalue weighted by Crippen LogP contribution is -2.56. The quantitative estimate of drug-likeness (QED) is 0.642. The van der Waals surface area contributed by atoms with Gasteiger partial charge < -0.3 is 9.64 Å². The van der Waals surface area contributed by atoms with Crippen LogP contribution in [0.4, 0.5) is 8.78 Å². The summed E-state index contributed by atoms with van der Waals surface area (Å²) in [5.74, 6) is -4.72. The zero-order valence-corrected chi connectivity index (χ0v) is 11.2. The lowest BCUT2D eigenvalue weighted by molar-refractivity contribution is -0.204. The summed E-state index contributed by atoms with van der Waals surface area (Å²) < 4.78 is 32.9. The Hall–Kier alpha value is -0.750. The number of amides is 1. The Kier molecular flexibility index (Phi) is 6.56. The Morgan fingerprint density at radius 3 is 2.00 bits per heavy atom. The first kappa shape index (κ1) is 16.2. The normalized spacial score (nSPS) is 13.9. The fraction of sp³-hybridized carbons (Fsp3) is 0.909. The molecular formula is C11H22F2N2O2. The van der Waals surface area contributed by atoms with Crippen LogP contribution in [0, 0.1) is 0 Å². The molecule has 1 atom stereocenters. The summed E-state index contributed by atoms with van der Waals surface area (Å²) in [6, 6.07) is 0. The van der Waals surface area contributed by atoms with Crippen molar-refractivity contribution in [3.8, 4) is 0 Å². The molecule has 0 radical (unpaired) electrons. The summed E-state index contributed by atoms with van der Waals surface area (Å²) in [6.07, 6.45) is -1.53. The van der Waals surface area contributed by atoms with Crippen molar-refractivity contribution in [2.45, 2.75) is 32.9 Å². The number of hydrogen-bond acceptors (Lipinski definition) is 3. The summed E-state index contributed by atoms with van der Waals surface area (Å²) in [6.45, 7) is 5.61. The van der Waals surface area contributed by atoms with Crippen LogP contribution >= 0.6 is 0 Å². The minimum Gasteiger partial charge on any atom is -0.356 e. The molecule has 0 aliphatic rings. The van der Waals surface area contributed by atoms with Gasteiger partial charge in [0.1, 0.15) is 0 Å². The number of alkyl halides is 2. The Labute approximate surface area is 102 Å². The molecule has 17 heavy (non-hydrogen) atoms. The van der Waals surface area contributed by atoms with Crippen molar-refractivity contribution in [3.63, 3.8) is 0 Å². The number of nitrogens with zero attached hydrogens (tertiary/aromatic N) is 2. The van der Waals surface area contributed by atoms with Gasteiger partial charge in [0.2, 0.25) is 0 Å². The molecule has 0 aromatic rings. The molecule has 0 aromatic heterocycles. The number of carbonyl (C=O) groups is 1. The highest BCUT2D eigenvalue weighted by Gasteiger charge is 2.51. The van der Waals surface area contributed by atoms with Crippen LogP contribution in [0.3, 0.4) is 0 Å². The third-order valence-electron chi connectivity index (χ3n) is 2.44. The number of rotatable bonds is 7. The first-order valence-electron chi connectivity index (χ1n) is 5.78. The van der Waals surface area contributed by atoms with E-state index < -0.39 is 18.1 Å². The molecule has 4 nitrogen and oxygen atoms in total. The lowest BCUT2D eigenvalue weighted by atomic mass is 10.2. The Balaban J connectivity index is 4.99. The highest BCUT2D eigenvalue weighted by molar-refractivity contribution is 5.84. The van der Waals surface area contributed by atoms with Gasteiger partial charge in [-0.2, -0.15) is 8.78 Å². The van der Waals surface area contributed by atoms with E-state index in [4.69, 9.17) is 4.74 Å². The molecule has 0 N–H and O–H groups in total. The van der Waals surface area contributed by atoms with E-state index >= 15 is 0 Å². The fourth-order valence-corrected chi connectivity index (χ4v) is 1.56. The van der Waals surface area contributed by atoms with Crippen molar-refractivity contribution < 1.29 is 18.3 Å². The van der Waals surface area contributed by atoms with Crippen LogP contribution in [0.1, 0.15) is 20.8 Å². The zero-order chi connectivity index (χ0) is 13.6. The Bertz CT molecular complexity index is 244. The summed E-state index contributed by atoms with van der Waals surface area (Å²) >= 11 is 0. The minimum absolute atomic E-state index is 0.129.